The number of carboxylic acids is 1. The molecule has 0 aliphatic carbocycles. The average Bonchev–Trinajstić information content (AvgIpc) is 3.45. The minimum absolute atomic E-state index is 0.00725. The van der Waals surface area contributed by atoms with Crippen LogP contribution in [-0.4, -0.2) is 69.0 Å². The molecule has 2 aliphatic heterocycles. The number of benzene rings is 1. The third-order valence-electron chi connectivity index (χ3n) is 4.62. The van der Waals surface area contributed by atoms with E-state index in [1.165, 1.54) is 24.3 Å². The molecule has 0 spiro atoms. The van der Waals surface area contributed by atoms with Crippen molar-refractivity contribution < 1.29 is 28.0 Å². The van der Waals surface area contributed by atoms with E-state index in [4.69, 9.17) is 4.84 Å². The van der Waals surface area contributed by atoms with Crippen LogP contribution in [0.4, 0.5) is 0 Å². The van der Waals surface area contributed by atoms with Crippen LogP contribution in [0.2, 0.25) is 0 Å². The van der Waals surface area contributed by atoms with Gasteiger partial charge < -0.3 is 25.9 Å². The van der Waals surface area contributed by atoms with Crippen LogP contribution in [0.25, 0.3) is 0 Å². The number of carbonyl (C=O) groups is 2. The fraction of sp³-hybridized carbons (Fsp3) is 0.444. The van der Waals surface area contributed by atoms with Gasteiger partial charge in [0.05, 0.1) is 11.4 Å². The van der Waals surface area contributed by atoms with Crippen molar-refractivity contribution in [3.05, 3.63) is 30.3 Å². The van der Waals surface area contributed by atoms with Gasteiger partial charge in [0.1, 0.15) is 12.3 Å². The highest BCUT2D eigenvalue weighted by atomic mass is 32.2. The summed E-state index contributed by atoms with van der Waals surface area (Å²) < 4.78 is 27.9. The zero-order chi connectivity index (χ0) is 22.3. The van der Waals surface area contributed by atoms with Gasteiger partial charge in [-0.2, -0.15) is 4.72 Å². The SMILES string of the molecule is O=C(NC(CCCNC1=NCCN1)(NS(=O)(=O)c1ccccc1)C(=O)O)C1=NOCC1. The van der Waals surface area contributed by atoms with E-state index in [1.54, 1.807) is 6.07 Å². The number of aliphatic imine (C=N–C) groups is 1. The number of amides is 1. The van der Waals surface area contributed by atoms with Gasteiger partial charge in [0.2, 0.25) is 15.7 Å². The second-order valence-electron chi connectivity index (χ2n) is 6.89. The van der Waals surface area contributed by atoms with Crippen molar-refractivity contribution in [2.45, 2.75) is 29.8 Å². The number of carboxylic acid groups (broad SMARTS) is 1. The van der Waals surface area contributed by atoms with Gasteiger partial charge >= 0.3 is 5.97 Å². The van der Waals surface area contributed by atoms with E-state index in [9.17, 15) is 23.1 Å². The van der Waals surface area contributed by atoms with Crippen LogP contribution < -0.4 is 20.7 Å². The van der Waals surface area contributed by atoms with E-state index in [0.29, 0.717) is 25.6 Å². The molecule has 0 fully saturated rings. The number of nitrogens with zero attached hydrogens (tertiary/aromatic N) is 2. The molecule has 1 unspecified atom stereocenters. The number of carbonyl (C=O) groups excluding carboxylic acids is 1. The molecule has 12 nitrogen and oxygen atoms in total. The Balaban J connectivity index is 1.80. The number of guanidine groups is 1. The maximum absolute atomic E-state index is 12.9. The van der Waals surface area contributed by atoms with E-state index in [-0.39, 0.29) is 36.5 Å². The second kappa shape index (κ2) is 9.75. The summed E-state index contributed by atoms with van der Waals surface area (Å²) in [6, 6.07) is 7.32. The highest BCUT2D eigenvalue weighted by Crippen LogP contribution is 2.17. The monoisotopic (exact) mass is 452 g/mol. The van der Waals surface area contributed by atoms with Crippen molar-refractivity contribution >= 4 is 33.6 Å². The summed E-state index contributed by atoms with van der Waals surface area (Å²) >= 11 is 0. The molecule has 1 aromatic rings. The number of nitrogens with one attached hydrogen (secondary N) is 4. The predicted molar refractivity (Wildman–Crippen MR) is 111 cm³/mol. The van der Waals surface area contributed by atoms with Crippen molar-refractivity contribution in [3.8, 4) is 0 Å². The standard InChI is InChI=1S/C18H24N6O6S/c25-15(14-7-12-30-23-14)22-18(16(26)27,8-4-9-19-17-20-10-11-21-17)24-31(28,29)13-5-2-1-3-6-13/h1-3,5-6,24H,4,7-12H2,(H,22,25)(H,26,27)(H2,19,20,21). The summed E-state index contributed by atoms with van der Waals surface area (Å²) in [5.74, 6) is -1.77. The molecule has 0 radical (unpaired) electrons. The number of hydrogen-bond acceptors (Lipinski definition) is 9. The van der Waals surface area contributed by atoms with Crippen LogP contribution in [0.5, 0.6) is 0 Å². The minimum atomic E-state index is -4.26. The fourth-order valence-corrected chi connectivity index (χ4v) is 4.37. The fourth-order valence-electron chi connectivity index (χ4n) is 3.04. The Morgan fingerprint density at radius 1 is 1.26 bits per heavy atom. The largest absolute Gasteiger partial charge is 0.478 e. The van der Waals surface area contributed by atoms with Gasteiger partial charge in [0, 0.05) is 19.5 Å². The molecule has 0 saturated heterocycles. The van der Waals surface area contributed by atoms with Crippen molar-refractivity contribution in [2.24, 2.45) is 10.1 Å². The topological polar surface area (TPSA) is 171 Å². The number of oxime groups is 1. The minimum Gasteiger partial charge on any atom is -0.478 e. The molecule has 1 amide bonds. The van der Waals surface area contributed by atoms with Crippen molar-refractivity contribution in [1.29, 1.82) is 0 Å². The van der Waals surface area contributed by atoms with E-state index >= 15 is 0 Å². The number of hydrogen-bond donors (Lipinski definition) is 5. The molecular formula is C18H24N6O6S. The molecule has 2 heterocycles. The van der Waals surface area contributed by atoms with Crippen LogP contribution in [0.15, 0.2) is 45.4 Å². The zero-order valence-corrected chi connectivity index (χ0v) is 17.4. The maximum Gasteiger partial charge on any atom is 0.345 e. The lowest BCUT2D eigenvalue weighted by molar-refractivity contribution is -0.147. The number of aliphatic carboxylic acids is 1. The first-order valence-corrected chi connectivity index (χ1v) is 11.2. The van der Waals surface area contributed by atoms with Gasteiger partial charge in [-0.05, 0) is 25.0 Å². The molecule has 5 N–H and O–H groups in total. The maximum atomic E-state index is 12.9. The molecule has 2 aliphatic rings. The summed E-state index contributed by atoms with van der Waals surface area (Å²) in [6.45, 7) is 1.85. The van der Waals surface area contributed by atoms with Gasteiger partial charge in [0.15, 0.2) is 5.96 Å². The number of sulfonamides is 1. The highest BCUT2D eigenvalue weighted by Gasteiger charge is 2.44. The van der Waals surface area contributed by atoms with E-state index in [0.717, 1.165) is 0 Å². The third kappa shape index (κ3) is 5.70. The molecule has 31 heavy (non-hydrogen) atoms. The summed E-state index contributed by atoms with van der Waals surface area (Å²) in [6.07, 6.45) is 0.183. The Bertz CT molecular complexity index is 981. The van der Waals surface area contributed by atoms with Crippen LogP contribution in [-0.2, 0) is 24.4 Å². The van der Waals surface area contributed by atoms with E-state index < -0.39 is 27.6 Å². The van der Waals surface area contributed by atoms with E-state index in [1.807, 2.05) is 0 Å². The lowest BCUT2D eigenvalue weighted by Crippen LogP contribution is -2.66. The van der Waals surface area contributed by atoms with Gasteiger partial charge in [-0.3, -0.25) is 9.79 Å². The van der Waals surface area contributed by atoms with E-state index in [2.05, 4.69) is 30.8 Å². The van der Waals surface area contributed by atoms with Gasteiger partial charge in [-0.15, -0.1) is 0 Å². The lowest BCUT2D eigenvalue weighted by atomic mass is 10.0. The Morgan fingerprint density at radius 2 is 2.03 bits per heavy atom. The smallest absolute Gasteiger partial charge is 0.345 e. The Hall–Kier alpha value is -3.19. The van der Waals surface area contributed by atoms with Crippen LogP contribution in [0.1, 0.15) is 19.3 Å². The lowest BCUT2D eigenvalue weighted by Gasteiger charge is -2.31. The van der Waals surface area contributed by atoms with Crippen LogP contribution in [0, 0.1) is 0 Å². The van der Waals surface area contributed by atoms with Crippen molar-refractivity contribution in [2.75, 3.05) is 26.2 Å². The molecule has 168 valence electrons. The molecule has 0 bridgehead atoms. The molecule has 3 rings (SSSR count). The van der Waals surface area contributed by atoms with Crippen molar-refractivity contribution in [1.82, 2.24) is 20.7 Å². The molecule has 13 heteroatoms. The third-order valence-corrected chi connectivity index (χ3v) is 6.13. The van der Waals surface area contributed by atoms with Crippen LogP contribution in [0.3, 0.4) is 0 Å². The summed E-state index contributed by atoms with van der Waals surface area (Å²) in [5.41, 5.74) is -2.30. The summed E-state index contributed by atoms with van der Waals surface area (Å²) in [5, 5.41) is 21.9. The quantitative estimate of drug-likeness (QED) is 0.221. The van der Waals surface area contributed by atoms with Gasteiger partial charge in [-0.1, -0.05) is 23.4 Å². The first kappa shape index (κ1) is 22.5. The molecule has 0 aromatic heterocycles. The molecule has 1 atom stereocenters. The Morgan fingerprint density at radius 3 is 2.65 bits per heavy atom. The summed E-state index contributed by atoms with van der Waals surface area (Å²) in [7, 11) is -4.26. The molecule has 0 saturated carbocycles. The number of rotatable bonds is 10. The average molecular weight is 452 g/mol. The van der Waals surface area contributed by atoms with Crippen molar-refractivity contribution in [3.63, 3.8) is 0 Å². The first-order valence-electron chi connectivity index (χ1n) is 9.68. The molecule has 1 aromatic carbocycles. The summed E-state index contributed by atoms with van der Waals surface area (Å²) in [4.78, 5) is 33.7. The first-order chi connectivity index (χ1) is 14.8. The Labute approximate surface area is 179 Å². The zero-order valence-electron chi connectivity index (χ0n) is 16.6. The Kier molecular flexibility index (Phi) is 7.07. The normalized spacial score (nSPS) is 17.5. The van der Waals surface area contributed by atoms with Gasteiger partial charge in [-0.25, -0.2) is 13.2 Å². The highest BCUT2D eigenvalue weighted by molar-refractivity contribution is 7.89. The second-order valence-corrected chi connectivity index (χ2v) is 8.57. The van der Waals surface area contributed by atoms with Gasteiger partial charge in [0.25, 0.3) is 5.91 Å². The molecular weight excluding hydrogens is 428 g/mol. The van der Waals surface area contributed by atoms with Crippen LogP contribution >= 0.6 is 0 Å². The predicted octanol–water partition coefficient (Wildman–Crippen LogP) is -1.03.